The molecule has 0 atom stereocenters. The van der Waals surface area contributed by atoms with Crippen molar-refractivity contribution < 1.29 is 9.47 Å². The Morgan fingerprint density at radius 3 is 2.53 bits per heavy atom. The van der Waals surface area contributed by atoms with E-state index in [2.05, 4.69) is 27.7 Å². The lowest BCUT2D eigenvalue weighted by Crippen LogP contribution is -2.19. The van der Waals surface area contributed by atoms with Gasteiger partial charge in [0.15, 0.2) is 6.29 Å². The molecule has 15 heavy (non-hydrogen) atoms. The Balaban J connectivity index is 2.32. The van der Waals surface area contributed by atoms with Crippen molar-refractivity contribution in [2.24, 2.45) is 0 Å². The van der Waals surface area contributed by atoms with E-state index in [0.717, 1.165) is 16.5 Å². The maximum Gasteiger partial charge on any atom is 0.159 e. The van der Waals surface area contributed by atoms with Crippen molar-refractivity contribution in [3.8, 4) is 0 Å². The van der Waals surface area contributed by atoms with Gasteiger partial charge < -0.3 is 9.47 Å². The predicted molar refractivity (Wildman–Crippen MR) is 66.6 cm³/mol. The summed E-state index contributed by atoms with van der Waals surface area (Å²) in [4.78, 5) is 0. The fourth-order valence-electron chi connectivity index (χ4n) is 1.28. The van der Waals surface area contributed by atoms with Crippen LogP contribution in [0.1, 0.15) is 20.3 Å². The van der Waals surface area contributed by atoms with Gasteiger partial charge in [-0.05, 0) is 36.4 Å². The van der Waals surface area contributed by atoms with Gasteiger partial charge in [0.05, 0.1) is 9.77 Å². The number of rotatable bonds is 7. The molecular weight excluding hydrogens is 307 g/mol. The van der Waals surface area contributed by atoms with Crippen molar-refractivity contribution in [2.75, 3.05) is 13.2 Å². The molecule has 86 valence electrons. The summed E-state index contributed by atoms with van der Waals surface area (Å²) < 4.78 is 14.0. The third kappa shape index (κ3) is 4.94. The van der Waals surface area contributed by atoms with Gasteiger partial charge in [0.1, 0.15) is 0 Å². The Hall–Kier alpha value is -0.140. The molecule has 1 aromatic heterocycles. The highest BCUT2D eigenvalue weighted by molar-refractivity contribution is 14.1. The fraction of sp³-hybridized carbons (Fsp3) is 0.700. The van der Waals surface area contributed by atoms with Crippen LogP contribution in [0, 0.1) is 3.57 Å². The molecule has 1 heterocycles. The second-order valence-electron chi connectivity index (χ2n) is 3.05. The van der Waals surface area contributed by atoms with E-state index in [-0.39, 0.29) is 6.29 Å². The summed E-state index contributed by atoms with van der Waals surface area (Å²) in [6.45, 7) is 6.14. The molecule has 0 unspecified atom stereocenters. The van der Waals surface area contributed by atoms with Crippen LogP contribution in [-0.4, -0.2) is 29.3 Å². The second kappa shape index (κ2) is 7.19. The molecule has 0 saturated heterocycles. The van der Waals surface area contributed by atoms with Crippen LogP contribution >= 0.6 is 22.6 Å². The minimum absolute atomic E-state index is 0.109. The molecule has 0 aliphatic rings. The third-order valence-corrected chi connectivity index (χ3v) is 2.46. The molecule has 1 rings (SSSR count). The first-order chi connectivity index (χ1) is 7.26. The van der Waals surface area contributed by atoms with Crippen molar-refractivity contribution in [3.63, 3.8) is 0 Å². The normalized spacial score (nSPS) is 11.2. The van der Waals surface area contributed by atoms with Gasteiger partial charge in [-0.15, -0.1) is 0 Å². The highest BCUT2D eigenvalue weighted by Gasteiger charge is 2.07. The van der Waals surface area contributed by atoms with Gasteiger partial charge in [-0.3, -0.25) is 4.68 Å². The van der Waals surface area contributed by atoms with Gasteiger partial charge in [-0.25, -0.2) is 0 Å². The average Bonchev–Trinajstić information content (AvgIpc) is 2.61. The number of hydrogen-bond donors (Lipinski definition) is 0. The molecule has 0 aliphatic carbocycles. The summed E-state index contributed by atoms with van der Waals surface area (Å²) in [5.74, 6) is 0. The first kappa shape index (κ1) is 12.9. The van der Waals surface area contributed by atoms with Crippen LogP contribution in [0.4, 0.5) is 0 Å². The summed E-state index contributed by atoms with van der Waals surface area (Å²) in [5.41, 5.74) is 0. The third-order valence-electron chi connectivity index (χ3n) is 1.90. The molecule has 0 fully saturated rings. The molecule has 0 saturated carbocycles. The zero-order valence-electron chi connectivity index (χ0n) is 9.15. The molecule has 0 aromatic carbocycles. The van der Waals surface area contributed by atoms with Crippen LogP contribution in [0.5, 0.6) is 0 Å². The van der Waals surface area contributed by atoms with E-state index in [0.29, 0.717) is 13.2 Å². The van der Waals surface area contributed by atoms with Crippen molar-refractivity contribution >= 4 is 22.6 Å². The summed E-state index contributed by atoms with van der Waals surface area (Å²) in [7, 11) is 0. The van der Waals surface area contributed by atoms with E-state index < -0.39 is 0 Å². The Labute approximate surface area is 104 Å². The number of aromatic nitrogens is 2. The minimum atomic E-state index is -0.109. The molecule has 0 spiro atoms. The van der Waals surface area contributed by atoms with E-state index >= 15 is 0 Å². The highest BCUT2D eigenvalue weighted by atomic mass is 127. The van der Waals surface area contributed by atoms with E-state index in [1.807, 2.05) is 30.9 Å². The standard InChI is InChI=1S/C10H17IN2O2/c1-3-14-10(15-4-2)5-6-13-8-9(11)7-12-13/h7-8,10H,3-6H2,1-2H3. The monoisotopic (exact) mass is 324 g/mol. The zero-order chi connectivity index (χ0) is 11.1. The van der Waals surface area contributed by atoms with Gasteiger partial charge in [-0.1, -0.05) is 0 Å². The lowest BCUT2D eigenvalue weighted by molar-refractivity contribution is -0.141. The highest BCUT2D eigenvalue weighted by Crippen LogP contribution is 2.06. The minimum Gasteiger partial charge on any atom is -0.353 e. The number of ether oxygens (including phenoxy) is 2. The molecule has 1 aromatic rings. The van der Waals surface area contributed by atoms with Crippen molar-refractivity contribution in [1.29, 1.82) is 0 Å². The smallest absolute Gasteiger partial charge is 0.159 e. The van der Waals surface area contributed by atoms with E-state index in [4.69, 9.17) is 9.47 Å². The lowest BCUT2D eigenvalue weighted by Gasteiger charge is -2.16. The topological polar surface area (TPSA) is 36.3 Å². The van der Waals surface area contributed by atoms with Crippen LogP contribution in [0.2, 0.25) is 0 Å². The SMILES string of the molecule is CCOC(CCn1cc(I)cn1)OCC. The number of halogens is 1. The molecule has 0 amide bonds. The lowest BCUT2D eigenvalue weighted by atomic mass is 10.4. The van der Waals surface area contributed by atoms with Crippen molar-refractivity contribution in [2.45, 2.75) is 33.1 Å². The Morgan fingerprint density at radius 1 is 1.40 bits per heavy atom. The van der Waals surface area contributed by atoms with E-state index in [9.17, 15) is 0 Å². The molecule has 0 aliphatic heterocycles. The molecule has 5 heteroatoms. The largest absolute Gasteiger partial charge is 0.353 e. The maximum atomic E-state index is 5.45. The molecule has 0 N–H and O–H groups in total. The van der Waals surface area contributed by atoms with E-state index in [1.165, 1.54) is 0 Å². The van der Waals surface area contributed by atoms with E-state index in [1.54, 1.807) is 0 Å². The molecule has 0 bridgehead atoms. The van der Waals surface area contributed by atoms with Crippen molar-refractivity contribution in [3.05, 3.63) is 16.0 Å². The quantitative estimate of drug-likeness (QED) is 0.570. The number of nitrogens with zero attached hydrogens (tertiary/aromatic N) is 2. The number of aryl methyl sites for hydroxylation is 1. The first-order valence-corrected chi connectivity index (χ1v) is 6.25. The zero-order valence-corrected chi connectivity index (χ0v) is 11.3. The Morgan fingerprint density at radius 2 is 2.07 bits per heavy atom. The Kier molecular flexibility index (Phi) is 6.19. The van der Waals surface area contributed by atoms with Crippen LogP contribution in [0.15, 0.2) is 12.4 Å². The van der Waals surface area contributed by atoms with Crippen LogP contribution < -0.4 is 0 Å². The summed E-state index contributed by atoms with van der Waals surface area (Å²) >= 11 is 2.25. The molecular formula is C10H17IN2O2. The van der Waals surface area contributed by atoms with Gasteiger partial charge in [0, 0.05) is 32.4 Å². The van der Waals surface area contributed by atoms with Crippen LogP contribution in [-0.2, 0) is 16.0 Å². The first-order valence-electron chi connectivity index (χ1n) is 5.17. The Bertz CT molecular complexity index is 272. The summed E-state index contributed by atoms with van der Waals surface area (Å²) in [6, 6.07) is 0. The van der Waals surface area contributed by atoms with Gasteiger partial charge in [-0.2, -0.15) is 5.10 Å². The van der Waals surface area contributed by atoms with Gasteiger partial charge >= 0.3 is 0 Å². The average molecular weight is 324 g/mol. The van der Waals surface area contributed by atoms with Crippen LogP contribution in [0.25, 0.3) is 0 Å². The summed E-state index contributed by atoms with van der Waals surface area (Å²) in [6.07, 6.45) is 4.58. The van der Waals surface area contributed by atoms with Gasteiger partial charge in [0.2, 0.25) is 0 Å². The maximum absolute atomic E-state index is 5.45. The molecule has 0 radical (unpaired) electrons. The fourth-order valence-corrected chi connectivity index (χ4v) is 1.73. The predicted octanol–water partition coefficient (Wildman–Crippen LogP) is 2.28. The second-order valence-corrected chi connectivity index (χ2v) is 4.30. The van der Waals surface area contributed by atoms with Crippen molar-refractivity contribution in [1.82, 2.24) is 9.78 Å². The molecule has 4 nitrogen and oxygen atoms in total. The summed E-state index contributed by atoms with van der Waals surface area (Å²) in [5, 5.41) is 4.21. The van der Waals surface area contributed by atoms with Gasteiger partial charge in [0.25, 0.3) is 0 Å². The van der Waals surface area contributed by atoms with Crippen LogP contribution in [0.3, 0.4) is 0 Å². The number of hydrogen-bond acceptors (Lipinski definition) is 3.